The molecule has 4 bridgehead atoms. The van der Waals surface area contributed by atoms with Crippen molar-refractivity contribution in [1.82, 2.24) is 0 Å². The number of anilines is 3. The summed E-state index contributed by atoms with van der Waals surface area (Å²) in [5.41, 5.74) is 16.4. The average Bonchev–Trinajstić information content (AvgIpc) is 3.88. The maximum atomic E-state index is 2.65. The van der Waals surface area contributed by atoms with Gasteiger partial charge in [0.1, 0.15) is 0 Å². The van der Waals surface area contributed by atoms with Gasteiger partial charge >= 0.3 is 0 Å². The molecule has 0 aliphatic heterocycles. The van der Waals surface area contributed by atoms with Gasteiger partial charge in [0.2, 0.25) is 0 Å². The number of fused-ring (bicyclic) bond motifs is 16. The van der Waals surface area contributed by atoms with Crippen LogP contribution < -0.4 is 4.90 Å². The van der Waals surface area contributed by atoms with Crippen LogP contribution in [0.5, 0.6) is 0 Å². The first-order valence-electron chi connectivity index (χ1n) is 19.4. The van der Waals surface area contributed by atoms with Crippen LogP contribution in [-0.4, -0.2) is 0 Å². The summed E-state index contributed by atoms with van der Waals surface area (Å²) >= 11 is 0. The minimum absolute atomic E-state index is 0.0855. The van der Waals surface area contributed by atoms with Gasteiger partial charge in [-0.2, -0.15) is 0 Å². The molecule has 6 aliphatic rings. The van der Waals surface area contributed by atoms with Crippen molar-refractivity contribution in [3.8, 4) is 22.3 Å². The van der Waals surface area contributed by atoms with Crippen molar-refractivity contribution in [3.63, 3.8) is 0 Å². The van der Waals surface area contributed by atoms with Crippen molar-refractivity contribution in [2.45, 2.75) is 76.0 Å². The molecule has 2 spiro atoms. The first-order valence-corrected chi connectivity index (χ1v) is 19.4. The molecule has 1 unspecified atom stereocenters. The van der Waals surface area contributed by atoms with E-state index in [9.17, 15) is 0 Å². The van der Waals surface area contributed by atoms with E-state index in [1.165, 1.54) is 90.7 Å². The fraction of sp³-hybridized carbons (Fsp3) is 0.375. The summed E-state index contributed by atoms with van der Waals surface area (Å²) in [6.45, 7) is 5.11. The molecule has 1 nitrogen and oxygen atoms in total. The van der Waals surface area contributed by atoms with Gasteiger partial charge in [0, 0.05) is 27.9 Å². The molecule has 5 aromatic rings. The third-order valence-electron chi connectivity index (χ3n) is 14.8. The van der Waals surface area contributed by atoms with Gasteiger partial charge in [0.05, 0.1) is 0 Å². The predicted octanol–water partition coefficient (Wildman–Crippen LogP) is 12.6. The highest BCUT2D eigenvalue weighted by Crippen LogP contribution is 2.67. The number of hydrogen-bond acceptors (Lipinski definition) is 1. The van der Waals surface area contributed by atoms with Crippen LogP contribution in [0, 0.1) is 35.5 Å². The van der Waals surface area contributed by atoms with Gasteiger partial charge in [-0.15, -0.1) is 0 Å². The quantitative estimate of drug-likeness (QED) is 0.190. The van der Waals surface area contributed by atoms with E-state index < -0.39 is 0 Å². The van der Waals surface area contributed by atoms with E-state index in [4.69, 9.17) is 0 Å². The van der Waals surface area contributed by atoms with Crippen LogP contribution in [-0.2, 0) is 10.8 Å². The number of hydrogen-bond donors (Lipinski definition) is 0. The van der Waals surface area contributed by atoms with Gasteiger partial charge in [0.25, 0.3) is 0 Å². The zero-order valence-electron chi connectivity index (χ0n) is 29.0. The van der Waals surface area contributed by atoms with E-state index in [0.29, 0.717) is 11.8 Å². The van der Waals surface area contributed by atoms with Crippen LogP contribution in [0.15, 0.2) is 115 Å². The Bertz CT molecular complexity index is 2120. The number of rotatable bonds is 3. The molecule has 8 atom stereocenters. The fourth-order valence-corrected chi connectivity index (χ4v) is 13.4. The van der Waals surface area contributed by atoms with E-state index >= 15 is 0 Å². The molecule has 1 heteroatoms. The number of benzene rings is 5. The first-order chi connectivity index (χ1) is 24.1. The van der Waals surface area contributed by atoms with Crippen LogP contribution in [0.1, 0.15) is 87.5 Å². The van der Waals surface area contributed by atoms with Crippen LogP contribution in [0.3, 0.4) is 0 Å². The molecular formula is C48H47N. The second kappa shape index (κ2) is 10.2. The Kier molecular flexibility index (Phi) is 5.99. The third-order valence-corrected chi connectivity index (χ3v) is 14.8. The summed E-state index contributed by atoms with van der Waals surface area (Å²) in [6.07, 6.45) is 11.0. The Morgan fingerprint density at radius 3 is 1.86 bits per heavy atom. The molecule has 6 aliphatic carbocycles. The Labute approximate surface area is 292 Å². The lowest BCUT2D eigenvalue weighted by Crippen LogP contribution is -2.49. The van der Waals surface area contributed by atoms with Crippen LogP contribution >= 0.6 is 0 Å². The lowest BCUT2D eigenvalue weighted by atomic mass is 9.49. The topological polar surface area (TPSA) is 3.24 Å². The van der Waals surface area contributed by atoms with Gasteiger partial charge in [-0.05, 0) is 161 Å². The normalized spacial score (nSPS) is 32.6. The zero-order chi connectivity index (χ0) is 32.5. The Morgan fingerprint density at radius 2 is 1.12 bits per heavy atom. The molecule has 4 saturated carbocycles. The Hall–Kier alpha value is -4.10. The molecule has 0 radical (unpaired) electrons. The van der Waals surface area contributed by atoms with Gasteiger partial charge < -0.3 is 4.90 Å². The zero-order valence-corrected chi connectivity index (χ0v) is 29.0. The standard InChI is InChI=1S/C48H47N/c1-30-22-33-24-31(2)48(35(23-30)26-33)44-15-9-7-13-40(44)42-21-19-38(28-46(42)48)49(36-10-4-3-5-11-36)37-18-20-41-39-12-6-8-14-43(39)47(45(41)27-37)29-32-16-17-34(47)25-32/h3-15,18-21,27-28,30-35H,16-17,22-26,29H2,1-2H3/t30-,31+,32+,33?,34-,35-,47+,48-/m1/s1. The highest BCUT2D eigenvalue weighted by Gasteiger charge is 2.58. The van der Waals surface area contributed by atoms with E-state index in [2.05, 4.69) is 134 Å². The first kappa shape index (κ1) is 28.7. The van der Waals surface area contributed by atoms with E-state index in [1.54, 1.807) is 22.3 Å². The lowest BCUT2D eigenvalue weighted by molar-refractivity contribution is 0.0426. The Morgan fingerprint density at radius 1 is 0.490 bits per heavy atom. The van der Waals surface area contributed by atoms with Crippen LogP contribution in [0.2, 0.25) is 0 Å². The molecule has 0 aromatic heterocycles. The van der Waals surface area contributed by atoms with Crippen LogP contribution in [0.4, 0.5) is 17.1 Å². The molecule has 0 heterocycles. The van der Waals surface area contributed by atoms with E-state index in [0.717, 1.165) is 23.7 Å². The van der Waals surface area contributed by atoms with Gasteiger partial charge in [0.15, 0.2) is 0 Å². The molecule has 0 amide bonds. The van der Waals surface area contributed by atoms with Gasteiger partial charge in [-0.25, -0.2) is 0 Å². The average molecular weight is 638 g/mol. The van der Waals surface area contributed by atoms with Crippen molar-refractivity contribution in [1.29, 1.82) is 0 Å². The number of nitrogens with zero attached hydrogens (tertiary/aromatic N) is 1. The highest BCUT2D eigenvalue weighted by molar-refractivity contribution is 5.89. The molecule has 244 valence electrons. The SMILES string of the molecule is C[C@@H]1CC2C[C@@H](C1)[C@@]1(c3ccccc3-c3ccc(N(c4ccccc4)c4ccc5c(c4)[C@]4(C[C@H]6CC[C@@H]4C6)c4ccccc4-5)cc31)[C@@H](C)C2. The summed E-state index contributed by atoms with van der Waals surface area (Å²) in [5.74, 6) is 4.64. The third kappa shape index (κ3) is 3.72. The largest absolute Gasteiger partial charge is 0.310 e. The highest BCUT2D eigenvalue weighted by atomic mass is 15.1. The van der Waals surface area contributed by atoms with Gasteiger partial charge in [-0.3, -0.25) is 0 Å². The molecule has 49 heavy (non-hydrogen) atoms. The second-order valence-corrected chi connectivity index (χ2v) is 17.2. The van der Waals surface area contributed by atoms with Crippen molar-refractivity contribution < 1.29 is 0 Å². The van der Waals surface area contributed by atoms with E-state index in [1.807, 2.05) is 0 Å². The van der Waals surface area contributed by atoms with Crippen molar-refractivity contribution in [2.75, 3.05) is 4.90 Å². The summed E-state index contributed by atoms with van der Waals surface area (Å²) in [6, 6.07) is 45.1. The minimum Gasteiger partial charge on any atom is -0.310 e. The minimum atomic E-state index is 0.0855. The molecule has 5 aromatic carbocycles. The van der Waals surface area contributed by atoms with Crippen molar-refractivity contribution in [3.05, 3.63) is 138 Å². The summed E-state index contributed by atoms with van der Waals surface area (Å²) in [5, 5.41) is 0. The van der Waals surface area contributed by atoms with Crippen molar-refractivity contribution >= 4 is 17.1 Å². The van der Waals surface area contributed by atoms with E-state index in [-0.39, 0.29) is 10.8 Å². The molecule has 4 fully saturated rings. The summed E-state index contributed by atoms with van der Waals surface area (Å²) in [4.78, 5) is 2.58. The molecular weight excluding hydrogens is 591 g/mol. The number of para-hydroxylation sites is 1. The predicted molar refractivity (Wildman–Crippen MR) is 203 cm³/mol. The van der Waals surface area contributed by atoms with Gasteiger partial charge in [-0.1, -0.05) is 99.1 Å². The monoisotopic (exact) mass is 637 g/mol. The second-order valence-electron chi connectivity index (χ2n) is 17.2. The molecule has 0 saturated heterocycles. The fourth-order valence-electron chi connectivity index (χ4n) is 13.4. The molecule has 11 rings (SSSR count). The smallest absolute Gasteiger partial charge is 0.0465 e. The van der Waals surface area contributed by atoms with Crippen LogP contribution in [0.25, 0.3) is 22.3 Å². The summed E-state index contributed by atoms with van der Waals surface area (Å²) in [7, 11) is 0. The maximum absolute atomic E-state index is 2.65. The molecule has 0 N–H and O–H groups in total. The van der Waals surface area contributed by atoms with Crippen molar-refractivity contribution in [2.24, 2.45) is 35.5 Å². The summed E-state index contributed by atoms with van der Waals surface area (Å²) < 4.78 is 0. The lowest BCUT2D eigenvalue weighted by Gasteiger charge is -2.54. The Balaban J connectivity index is 1.11. The maximum Gasteiger partial charge on any atom is 0.0465 e.